The Labute approximate surface area is 138 Å². The first-order valence-corrected chi connectivity index (χ1v) is 7.73. The Bertz CT molecular complexity index is 801. The summed E-state index contributed by atoms with van der Waals surface area (Å²) < 4.78 is 2.74. The number of hydrogen-bond acceptors (Lipinski definition) is 2. The zero-order valence-corrected chi connectivity index (χ0v) is 13.8. The minimum atomic E-state index is 0.250. The Morgan fingerprint density at radius 2 is 2.00 bits per heavy atom. The van der Waals surface area contributed by atoms with Crippen LogP contribution in [0.2, 0.25) is 10.0 Å². The van der Waals surface area contributed by atoms with Crippen molar-refractivity contribution in [2.75, 3.05) is 0 Å². The number of pyridine rings is 1. The van der Waals surface area contributed by atoms with Crippen molar-refractivity contribution in [3.63, 3.8) is 0 Å². The third kappa shape index (κ3) is 2.42. The van der Waals surface area contributed by atoms with Crippen LogP contribution in [0.5, 0.6) is 0 Å². The molecular formula is C13H7BrCl3N3. The zero-order chi connectivity index (χ0) is 14.3. The van der Waals surface area contributed by atoms with E-state index in [1.54, 1.807) is 12.3 Å². The lowest BCUT2D eigenvalue weighted by Gasteiger charge is -2.09. The molecule has 0 fully saturated rings. The quantitative estimate of drug-likeness (QED) is 0.560. The summed E-state index contributed by atoms with van der Waals surface area (Å²) in [6.07, 6.45) is 1.58. The minimum absolute atomic E-state index is 0.250. The van der Waals surface area contributed by atoms with E-state index in [1.165, 1.54) is 0 Å². The van der Waals surface area contributed by atoms with E-state index in [2.05, 4.69) is 25.9 Å². The minimum Gasteiger partial charge on any atom is -0.278 e. The van der Waals surface area contributed by atoms with Crippen LogP contribution in [0.25, 0.3) is 16.9 Å². The topological polar surface area (TPSA) is 30.7 Å². The highest BCUT2D eigenvalue weighted by atomic mass is 79.9. The summed E-state index contributed by atoms with van der Waals surface area (Å²) in [6, 6.07) is 7.36. The van der Waals surface area contributed by atoms with Crippen molar-refractivity contribution in [3.05, 3.63) is 50.8 Å². The number of alkyl halides is 1. The highest BCUT2D eigenvalue weighted by molar-refractivity contribution is 9.10. The van der Waals surface area contributed by atoms with Gasteiger partial charge < -0.3 is 0 Å². The Balaban J connectivity index is 2.34. The first-order valence-electron chi connectivity index (χ1n) is 5.64. The fourth-order valence-electron chi connectivity index (χ4n) is 1.99. The van der Waals surface area contributed by atoms with Crippen LogP contribution < -0.4 is 0 Å². The molecule has 1 aromatic carbocycles. The van der Waals surface area contributed by atoms with E-state index in [1.807, 2.05) is 22.8 Å². The van der Waals surface area contributed by atoms with Gasteiger partial charge in [0.15, 0.2) is 5.65 Å². The predicted molar refractivity (Wildman–Crippen MR) is 86.1 cm³/mol. The molecule has 0 unspecified atom stereocenters. The molecule has 0 spiro atoms. The van der Waals surface area contributed by atoms with Crippen molar-refractivity contribution in [1.82, 2.24) is 14.5 Å². The highest BCUT2D eigenvalue weighted by Gasteiger charge is 2.15. The summed E-state index contributed by atoms with van der Waals surface area (Å²) in [4.78, 5) is 8.77. The lowest BCUT2D eigenvalue weighted by atomic mass is 10.3. The fraction of sp³-hybridized carbons (Fsp3) is 0.0769. The summed E-state index contributed by atoms with van der Waals surface area (Å²) in [5, 5.41) is 1.12. The molecule has 2 heterocycles. The number of halogens is 4. The van der Waals surface area contributed by atoms with Crippen molar-refractivity contribution >= 4 is 61.9 Å². The molecule has 7 heteroatoms. The summed E-state index contributed by atoms with van der Waals surface area (Å²) in [6.45, 7) is 0. The zero-order valence-electron chi connectivity index (χ0n) is 9.95. The number of benzene rings is 1. The van der Waals surface area contributed by atoms with Crippen LogP contribution in [0.3, 0.4) is 0 Å². The molecule has 0 aliphatic carbocycles. The molecule has 0 amide bonds. The Morgan fingerprint density at radius 3 is 2.70 bits per heavy atom. The van der Waals surface area contributed by atoms with Gasteiger partial charge in [0.1, 0.15) is 11.3 Å². The second-order valence-corrected chi connectivity index (χ2v) is 6.12. The number of fused-ring (bicyclic) bond motifs is 1. The summed E-state index contributed by atoms with van der Waals surface area (Å²) >= 11 is 21.6. The molecule has 102 valence electrons. The largest absolute Gasteiger partial charge is 0.278 e. The van der Waals surface area contributed by atoms with Gasteiger partial charge in [-0.2, -0.15) is 0 Å². The fourth-order valence-corrected chi connectivity index (χ4v) is 3.08. The third-order valence-electron chi connectivity index (χ3n) is 2.80. The Morgan fingerprint density at radius 1 is 1.20 bits per heavy atom. The van der Waals surface area contributed by atoms with Crippen LogP contribution in [0, 0.1) is 0 Å². The maximum Gasteiger partial charge on any atom is 0.164 e. The number of rotatable bonds is 2. The van der Waals surface area contributed by atoms with E-state index in [-0.39, 0.29) is 5.88 Å². The molecule has 2 aromatic heterocycles. The summed E-state index contributed by atoms with van der Waals surface area (Å²) in [5.41, 5.74) is 2.14. The molecule has 0 saturated heterocycles. The monoisotopic (exact) mass is 389 g/mol. The molecule has 0 saturated carbocycles. The van der Waals surface area contributed by atoms with Gasteiger partial charge in [-0.15, -0.1) is 11.6 Å². The van der Waals surface area contributed by atoms with Crippen molar-refractivity contribution in [1.29, 1.82) is 0 Å². The standard InChI is InChI=1S/C13H7BrCl3N3/c14-7-1-2-11(9(17)3-7)20-12(5-15)19-10-4-8(16)6-18-13(10)20/h1-4,6H,5H2. The van der Waals surface area contributed by atoms with Gasteiger partial charge in [-0.05, 0) is 24.3 Å². The summed E-state index contributed by atoms with van der Waals surface area (Å²) in [7, 11) is 0. The predicted octanol–water partition coefficient (Wildman–Crippen LogP) is 5.23. The maximum atomic E-state index is 6.31. The molecule has 0 aliphatic rings. The van der Waals surface area contributed by atoms with Gasteiger partial charge >= 0.3 is 0 Å². The van der Waals surface area contributed by atoms with Crippen LogP contribution in [-0.2, 0) is 5.88 Å². The van der Waals surface area contributed by atoms with Gasteiger partial charge in [0.05, 0.1) is 21.6 Å². The molecule has 3 nitrogen and oxygen atoms in total. The first-order chi connectivity index (χ1) is 9.60. The lowest BCUT2D eigenvalue weighted by Crippen LogP contribution is -2.01. The maximum absolute atomic E-state index is 6.31. The number of imidazole rings is 1. The number of aromatic nitrogens is 3. The van der Waals surface area contributed by atoms with Crippen LogP contribution in [0.4, 0.5) is 0 Å². The smallest absolute Gasteiger partial charge is 0.164 e. The Kier molecular flexibility index (Phi) is 3.91. The average Bonchev–Trinajstić information content (AvgIpc) is 2.76. The molecule has 0 atom stereocenters. The lowest BCUT2D eigenvalue weighted by molar-refractivity contribution is 0.969. The van der Waals surface area contributed by atoms with Crippen LogP contribution >= 0.6 is 50.7 Å². The Hall–Kier alpha value is -0.810. The second kappa shape index (κ2) is 5.53. The van der Waals surface area contributed by atoms with Gasteiger partial charge in [-0.1, -0.05) is 39.1 Å². The molecule has 0 aliphatic heterocycles. The van der Waals surface area contributed by atoms with Crippen LogP contribution in [0.15, 0.2) is 34.9 Å². The molecule has 20 heavy (non-hydrogen) atoms. The van der Waals surface area contributed by atoms with Crippen molar-refractivity contribution in [3.8, 4) is 5.69 Å². The molecular weight excluding hydrogens is 384 g/mol. The highest BCUT2D eigenvalue weighted by Crippen LogP contribution is 2.29. The SMILES string of the molecule is ClCc1nc2cc(Cl)cnc2n1-c1ccc(Br)cc1Cl. The van der Waals surface area contributed by atoms with E-state index in [9.17, 15) is 0 Å². The second-order valence-electron chi connectivity index (χ2n) is 4.09. The van der Waals surface area contributed by atoms with E-state index in [0.29, 0.717) is 27.0 Å². The van der Waals surface area contributed by atoms with Gasteiger partial charge in [0.2, 0.25) is 0 Å². The van der Waals surface area contributed by atoms with Gasteiger partial charge in [0, 0.05) is 10.7 Å². The molecule has 3 aromatic rings. The molecule has 0 bridgehead atoms. The van der Waals surface area contributed by atoms with E-state index >= 15 is 0 Å². The van der Waals surface area contributed by atoms with Crippen LogP contribution in [0.1, 0.15) is 5.82 Å². The molecule has 0 N–H and O–H groups in total. The average molecular weight is 391 g/mol. The molecule has 3 rings (SSSR count). The van der Waals surface area contributed by atoms with Crippen molar-refractivity contribution in [2.24, 2.45) is 0 Å². The number of hydrogen-bond donors (Lipinski definition) is 0. The number of nitrogens with zero attached hydrogens (tertiary/aromatic N) is 3. The van der Waals surface area contributed by atoms with Crippen LogP contribution in [-0.4, -0.2) is 14.5 Å². The normalized spacial score (nSPS) is 11.2. The summed E-state index contributed by atoms with van der Waals surface area (Å²) in [5.74, 6) is 0.918. The third-order valence-corrected chi connectivity index (χ3v) is 4.05. The first kappa shape index (κ1) is 14.1. The van der Waals surface area contributed by atoms with Crippen molar-refractivity contribution < 1.29 is 0 Å². The van der Waals surface area contributed by atoms with E-state index < -0.39 is 0 Å². The van der Waals surface area contributed by atoms with Gasteiger partial charge in [-0.25, -0.2) is 9.97 Å². The van der Waals surface area contributed by atoms with Gasteiger partial charge in [0.25, 0.3) is 0 Å². The molecule has 0 radical (unpaired) electrons. The van der Waals surface area contributed by atoms with E-state index in [0.717, 1.165) is 10.2 Å². The van der Waals surface area contributed by atoms with E-state index in [4.69, 9.17) is 34.8 Å². The van der Waals surface area contributed by atoms with Crippen molar-refractivity contribution in [2.45, 2.75) is 5.88 Å². The van der Waals surface area contributed by atoms with Gasteiger partial charge in [-0.3, -0.25) is 4.57 Å².